The first kappa shape index (κ1) is 25.4. The average molecular weight is 530 g/mol. The van der Waals surface area contributed by atoms with E-state index in [9.17, 15) is 0 Å². The predicted octanol–water partition coefficient (Wildman–Crippen LogP) is 2.92. The van der Waals surface area contributed by atoms with Gasteiger partial charge in [0.1, 0.15) is 0 Å². The average Bonchev–Trinajstić information content (AvgIpc) is 3.08. The molecule has 7 heteroatoms. The van der Waals surface area contributed by atoms with Crippen molar-refractivity contribution < 1.29 is 4.74 Å². The van der Waals surface area contributed by atoms with Crippen LogP contribution in [0.25, 0.3) is 0 Å². The fourth-order valence-corrected chi connectivity index (χ4v) is 4.12. The molecular formula is C23H40IN5O. The second-order valence-corrected chi connectivity index (χ2v) is 8.68. The van der Waals surface area contributed by atoms with Gasteiger partial charge in [0, 0.05) is 51.4 Å². The van der Waals surface area contributed by atoms with E-state index < -0.39 is 0 Å². The third kappa shape index (κ3) is 7.66. The predicted molar refractivity (Wildman–Crippen MR) is 136 cm³/mol. The molecule has 0 radical (unpaired) electrons. The highest BCUT2D eigenvalue weighted by Crippen LogP contribution is 2.18. The summed E-state index contributed by atoms with van der Waals surface area (Å²) in [6, 6.07) is 9.88. The molecule has 2 N–H and O–H groups in total. The Balaban J connectivity index is 0.00000320. The zero-order valence-corrected chi connectivity index (χ0v) is 21.4. The second kappa shape index (κ2) is 12.8. The van der Waals surface area contributed by atoms with E-state index in [0.29, 0.717) is 24.5 Å². The van der Waals surface area contributed by atoms with Crippen molar-refractivity contribution in [3.8, 4) is 0 Å². The van der Waals surface area contributed by atoms with E-state index in [1.165, 1.54) is 11.1 Å². The quantitative estimate of drug-likeness (QED) is 0.323. The maximum Gasteiger partial charge on any atom is 0.191 e. The summed E-state index contributed by atoms with van der Waals surface area (Å²) in [5.74, 6) is 1.55. The van der Waals surface area contributed by atoms with Crippen LogP contribution < -0.4 is 10.6 Å². The molecule has 1 aromatic carbocycles. The lowest BCUT2D eigenvalue weighted by Gasteiger charge is -2.26. The van der Waals surface area contributed by atoms with E-state index in [1.807, 2.05) is 0 Å². The molecule has 2 heterocycles. The number of nitrogens with one attached hydrogen (secondary N) is 2. The third-order valence-corrected chi connectivity index (χ3v) is 5.96. The summed E-state index contributed by atoms with van der Waals surface area (Å²) in [5, 5.41) is 7.10. The number of hydrogen-bond donors (Lipinski definition) is 2. The maximum absolute atomic E-state index is 5.45. The molecule has 170 valence electrons. The maximum atomic E-state index is 5.45. The molecule has 2 aliphatic rings. The number of benzene rings is 1. The van der Waals surface area contributed by atoms with Crippen LogP contribution in [0, 0.1) is 5.92 Å². The molecule has 1 aromatic rings. The normalized spacial score (nSPS) is 23.4. The molecule has 6 nitrogen and oxygen atoms in total. The largest absolute Gasteiger partial charge is 0.379 e. The number of morpholine rings is 1. The lowest BCUT2D eigenvalue weighted by molar-refractivity contribution is 0.0342. The Bertz CT molecular complexity index is 663. The molecular weight excluding hydrogens is 489 g/mol. The lowest BCUT2D eigenvalue weighted by Crippen LogP contribution is -2.46. The van der Waals surface area contributed by atoms with Crippen LogP contribution in [0.1, 0.15) is 38.8 Å². The van der Waals surface area contributed by atoms with Gasteiger partial charge in [-0.3, -0.25) is 9.80 Å². The van der Waals surface area contributed by atoms with Gasteiger partial charge in [0.2, 0.25) is 0 Å². The number of nitrogens with zero attached hydrogens (tertiary/aromatic N) is 3. The number of rotatable bonds is 7. The van der Waals surface area contributed by atoms with Crippen LogP contribution in [-0.4, -0.2) is 73.8 Å². The van der Waals surface area contributed by atoms with Crippen molar-refractivity contribution in [3.63, 3.8) is 0 Å². The Kier molecular flexibility index (Phi) is 10.8. The Morgan fingerprint density at radius 2 is 1.93 bits per heavy atom. The first-order chi connectivity index (χ1) is 14.0. The molecule has 2 aliphatic heterocycles. The molecule has 2 fully saturated rings. The van der Waals surface area contributed by atoms with Crippen LogP contribution in [0.15, 0.2) is 29.3 Å². The zero-order valence-electron chi connectivity index (χ0n) is 19.1. The Morgan fingerprint density at radius 3 is 2.60 bits per heavy atom. The summed E-state index contributed by atoms with van der Waals surface area (Å²) in [7, 11) is 0. The van der Waals surface area contributed by atoms with Gasteiger partial charge in [-0.2, -0.15) is 0 Å². The minimum Gasteiger partial charge on any atom is -0.379 e. The van der Waals surface area contributed by atoms with E-state index in [-0.39, 0.29) is 24.0 Å². The number of aliphatic imine (C=N–C) groups is 1. The van der Waals surface area contributed by atoms with Crippen LogP contribution in [0.3, 0.4) is 0 Å². The summed E-state index contributed by atoms with van der Waals surface area (Å²) in [5.41, 5.74) is 2.62. The molecule has 2 unspecified atom stereocenters. The van der Waals surface area contributed by atoms with Crippen molar-refractivity contribution in [2.75, 3.05) is 45.9 Å². The fourth-order valence-electron chi connectivity index (χ4n) is 4.12. The van der Waals surface area contributed by atoms with Gasteiger partial charge >= 0.3 is 0 Å². The van der Waals surface area contributed by atoms with Crippen LogP contribution >= 0.6 is 24.0 Å². The topological polar surface area (TPSA) is 52.1 Å². The smallest absolute Gasteiger partial charge is 0.191 e. The van der Waals surface area contributed by atoms with Crippen molar-refractivity contribution in [1.82, 2.24) is 20.4 Å². The monoisotopic (exact) mass is 529 g/mol. The summed E-state index contributed by atoms with van der Waals surface area (Å²) in [6.07, 6.45) is 0. The summed E-state index contributed by atoms with van der Waals surface area (Å²) in [6.45, 7) is 17.5. The third-order valence-electron chi connectivity index (χ3n) is 5.96. The van der Waals surface area contributed by atoms with Crippen molar-refractivity contribution in [3.05, 3.63) is 35.4 Å². The highest BCUT2D eigenvalue weighted by atomic mass is 127. The zero-order chi connectivity index (χ0) is 20.6. The van der Waals surface area contributed by atoms with Gasteiger partial charge in [-0.15, -0.1) is 24.0 Å². The van der Waals surface area contributed by atoms with Gasteiger partial charge < -0.3 is 15.4 Å². The van der Waals surface area contributed by atoms with E-state index in [4.69, 9.17) is 9.73 Å². The molecule has 0 aromatic heterocycles. The minimum absolute atomic E-state index is 0. The summed E-state index contributed by atoms with van der Waals surface area (Å²) >= 11 is 0. The highest BCUT2D eigenvalue weighted by Gasteiger charge is 2.31. The Morgan fingerprint density at radius 1 is 1.20 bits per heavy atom. The van der Waals surface area contributed by atoms with E-state index >= 15 is 0 Å². The van der Waals surface area contributed by atoms with E-state index in [1.54, 1.807) is 0 Å². The van der Waals surface area contributed by atoms with Crippen molar-refractivity contribution in [2.45, 2.75) is 52.9 Å². The van der Waals surface area contributed by atoms with Crippen molar-refractivity contribution in [1.29, 1.82) is 0 Å². The number of hydrogen-bond acceptors (Lipinski definition) is 4. The lowest BCUT2D eigenvalue weighted by atomic mass is 10.1. The standard InChI is InChI=1S/C23H39N5O.HI/c1-5-24-23(26-22-17-28(18(2)3)15-19(22)4)25-14-20-7-6-8-21(13-20)16-27-9-11-29-12-10-27;/h6-8,13,18-19,22H,5,9-12,14-17H2,1-4H3,(H2,24,25,26);1H. The molecule has 2 atom stereocenters. The van der Waals surface area contributed by atoms with Crippen molar-refractivity contribution >= 4 is 29.9 Å². The molecule has 0 aliphatic carbocycles. The molecule has 3 rings (SSSR count). The first-order valence-electron chi connectivity index (χ1n) is 11.2. The Hall–Kier alpha value is -0.900. The fraction of sp³-hybridized carbons (Fsp3) is 0.696. The number of halogens is 1. The summed E-state index contributed by atoms with van der Waals surface area (Å²) in [4.78, 5) is 9.88. The van der Waals surface area contributed by atoms with Crippen LogP contribution in [0.4, 0.5) is 0 Å². The van der Waals surface area contributed by atoms with Gasteiger partial charge in [-0.05, 0) is 37.8 Å². The first-order valence-corrected chi connectivity index (χ1v) is 11.2. The summed E-state index contributed by atoms with van der Waals surface area (Å²) < 4.78 is 5.45. The van der Waals surface area contributed by atoms with E-state index in [0.717, 1.165) is 58.4 Å². The number of guanidine groups is 1. The molecule has 0 saturated carbocycles. The van der Waals surface area contributed by atoms with E-state index in [2.05, 4.69) is 72.4 Å². The molecule has 0 amide bonds. The number of ether oxygens (including phenoxy) is 1. The minimum atomic E-state index is 0. The highest BCUT2D eigenvalue weighted by molar-refractivity contribution is 14.0. The molecule has 0 spiro atoms. The molecule has 30 heavy (non-hydrogen) atoms. The molecule has 0 bridgehead atoms. The van der Waals surface area contributed by atoms with Gasteiger partial charge in [-0.1, -0.05) is 31.2 Å². The van der Waals surface area contributed by atoms with Gasteiger partial charge in [-0.25, -0.2) is 4.99 Å². The van der Waals surface area contributed by atoms with Crippen molar-refractivity contribution in [2.24, 2.45) is 10.9 Å². The molecule has 2 saturated heterocycles. The van der Waals surface area contributed by atoms with Crippen LogP contribution in [0.2, 0.25) is 0 Å². The van der Waals surface area contributed by atoms with Gasteiger partial charge in [0.15, 0.2) is 5.96 Å². The van der Waals surface area contributed by atoms with Gasteiger partial charge in [0.25, 0.3) is 0 Å². The van der Waals surface area contributed by atoms with Gasteiger partial charge in [0.05, 0.1) is 19.8 Å². The number of likely N-dealkylation sites (tertiary alicyclic amines) is 1. The van der Waals surface area contributed by atoms with Crippen LogP contribution in [0.5, 0.6) is 0 Å². The SMILES string of the molecule is CCNC(=NCc1cccc(CN2CCOCC2)c1)NC1CN(C(C)C)CC1C.I. The second-order valence-electron chi connectivity index (χ2n) is 8.68. The van der Waals surface area contributed by atoms with Crippen LogP contribution in [-0.2, 0) is 17.8 Å². The Labute approximate surface area is 199 Å².